The van der Waals surface area contributed by atoms with E-state index in [0.717, 1.165) is 18.7 Å². The van der Waals surface area contributed by atoms with Crippen molar-refractivity contribution in [1.29, 1.82) is 0 Å². The van der Waals surface area contributed by atoms with Gasteiger partial charge in [-0.1, -0.05) is 0 Å². The van der Waals surface area contributed by atoms with Gasteiger partial charge in [-0.2, -0.15) is 0 Å². The summed E-state index contributed by atoms with van der Waals surface area (Å²) in [6.07, 6.45) is 2.51. The number of phenols is 1. The van der Waals surface area contributed by atoms with Gasteiger partial charge >= 0.3 is 0 Å². The van der Waals surface area contributed by atoms with E-state index in [9.17, 15) is 5.11 Å². The Kier molecular flexibility index (Phi) is 3.97. The predicted octanol–water partition coefficient (Wildman–Crippen LogP) is 2.39. The van der Waals surface area contributed by atoms with E-state index < -0.39 is 0 Å². The van der Waals surface area contributed by atoms with E-state index >= 15 is 0 Å². The van der Waals surface area contributed by atoms with Gasteiger partial charge in [0.15, 0.2) is 11.5 Å². The Morgan fingerprint density at radius 1 is 1.28 bits per heavy atom. The Labute approximate surface area is 108 Å². The molecule has 0 saturated carbocycles. The molecule has 2 rings (SSSR count). The monoisotopic (exact) mass is 251 g/mol. The van der Waals surface area contributed by atoms with Gasteiger partial charge in [-0.25, -0.2) is 0 Å². The quantitative estimate of drug-likeness (QED) is 0.892. The van der Waals surface area contributed by atoms with Crippen LogP contribution in [0.15, 0.2) is 12.1 Å². The van der Waals surface area contributed by atoms with E-state index in [1.54, 1.807) is 14.2 Å². The SMILES string of the molecule is COc1cc(CN2CCCC2C)cc(OC)c1O. The largest absolute Gasteiger partial charge is 0.502 e. The van der Waals surface area contributed by atoms with Crippen molar-refractivity contribution in [3.63, 3.8) is 0 Å². The van der Waals surface area contributed by atoms with E-state index in [4.69, 9.17) is 9.47 Å². The fraction of sp³-hybridized carbons (Fsp3) is 0.571. The van der Waals surface area contributed by atoms with Gasteiger partial charge in [-0.15, -0.1) is 0 Å². The number of aromatic hydroxyl groups is 1. The number of nitrogens with zero attached hydrogens (tertiary/aromatic N) is 1. The lowest BCUT2D eigenvalue weighted by Crippen LogP contribution is -2.26. The van der Waals surface area contributed by atoms with Gasteiger partial charge in [0.25, 0.3) is 0 Å². The molecule has 100 valence electrons. The summed E-state index contributed by atoms with van der Waals surface area (Å²) >= 11 is 0. The maximum Gasteiger partial charge on any atom is 0.200 e. The van der Waals surface area contributed by atoms with Gasteiger partial charge in [0.2, 0.25) is 5.75 Å². The first-order valence-corrected chi connectivity index (χ1v) is 6.33. The summed E-state index contributed by atoms with van der Waals surface area (Å²) < 4.78 is 10.3. The zero-order valence-corrected chi connectivity index (χ0v) is 11.3. The zero-order chi connectivity index (χ0) is 13.1. The Balaban J connectivity index is 2.22. The van der Waals surface area contributed by atoms with Crippen LogP contribution in [0.2, 0.25) is 0 Å². The first kappa shape index (κ1) is 13.0. The van der Waals surface area contributed by atoms with Crippen LogP contribution in [0.5, 0.6) is 17.2 Å². The Morgan fingerprint density at radius 2 is 1.89 bits per heavy atom. The van der Waals surface area contributed by atoms with Gasteiger partial charge in [-0.05, 0) is 44.0 Å². The van der Waals surface area contributed by atoms with Crippen molar-refractivity contribution in [2.24, 2.45) is 0 Å². The summed E-state index contributed by atoms with van der Waals surface area (Å²) in [6.45, 7) is 4.25. The molecular weight excluding hydrogens is 230 g/mol. The normalized spacial score (nSPS) is 20.1. The summed E-state index contributed by atoms with van der Waals surface area (Å²) in [5, 5.41) is 9.86. The van der Waals surface area contributed by atoms with Crippen LogP contribution in [-0.2, 0) is 6.54 Å². The molecule has 1 aliphatic heterocycles. The van der Waals surface area contributed by atoms with Crippen molar-refractivity contribution in [2.45, 2.75) is 32.4 Å². The highest BCUT2D eigenvalue weighted by atomic mass is 16.5. The number of methoxy groups -OCH3 is 2. The fourth-order valence-corrected chi connectivity index (χ4v) is 2.50. The van der Waals surface area contributed by atoms with E-state index in [1.165, 1.54) is 12.8 Å². The van der Waals surface area contributed by atoms with E-state index in [0.29, 0.717) is 17.5 Å². The lowest BCUT2D eigenvalue weighted by Gasteiger charge is -2.21. The summed E-state index contributed by atoms with van der Waals surface area (Å²) in [5.41, 5.74) is 1.11. The molecule has 0 amide bonds. The number of hydrogen-bond acceptors (Lipinski definition) is 4. The summed E-state index contributed by atoms with van der Waals surface area (Å²) in [6, 6.07) is 4.38. The standard InChI is InChI=1S/C14H21NO3/c1-10-5-4-6-15(10)9-11-7-12(17-2)14(16)13(8-11)18-3/h7-8,10,16H,4-6,9H2,1-3H3. The van der Waals surface area contributed by atoms with Gasteiger partial charge in [-0.3, -0.25) is 4.90 Å². The van der Waals surface area contributed by atoms with Crippen molar-refractivity contribution >= 4 is 0 Å². The number of benzene rings is 1. The molecule has 4 heteroatoms. The third-order valence-electron chi connectivity index (χ3n) is 3.62. The topological polar surface area (TPSA) is 41.9 Å². The highest BCUT2D eigenvalue weighted by molar-refractivity contribution is 5.52. The molecule has 1 atom stereocenters. The maximum atomic E-state index is 9.86. The lowest BCUT2D eigenvalue weighted by molar-refractivity contribution is 0.259. The number of ether oxygens (including phenoxy) is 2. The summed E-state index contributed by atoms with van der Waals surface area (Å²) in [7, 11) is 3.10. The lowest BCUT2D eigenvalue weighted by atomic mass is 10.1. The Morgan fingerprint density at radius 3 is 2.33 bits per heavy atom. The highest BCUT2D eigenvalue weighted by Gasteiger charge is 2.21. The van der Waals surface area contributed by atoms with Crippen LogP contribution < -0.4 is 9.47 Å². The molecule has 0 bridgehead atoms. The molecule has 1 fully saturated rings. The Hall–Kier alpha value is -1.42. The summed E-state index contributed by atoms with van der Waals surface area (Å²) in [5.74, 6) is 1.01. The number of likely N-dealkylation sites (tertiary alicyclic amines) is 1. The predicted molar refractivity (Wildman–Crippen MR) is 70.3 cm³/mol. The number of rotatable bonds is 4. The van der Waals surface area contributed by atoms with Crippen molar-refractivity contribution in [2.75, 3.05) is 20.8 Å². The molecule has 1 heterocycles. The van der Waals surface area contributed by atoms with Crippen LogP contribution in [0, 0.1) is 0 Å². The minimum absolute atomic E-state index is 0.0678. The Bertz CT molecular complexity index is 394. The molecular formula is C14H21NO3. The molecule has 0 aliphatic carbocycles. The third kappa shape index (κ3) is 2.53. The van der Waals surface area contributed by atoms with Gasteiger partial charge in [0.05, 0.1) is 14.2 Å². The maximum absolute atomic E-state index is 9.86. The second-order valence-corrected chi connectivity index (χ2v) is 4.81. The average molecular weight is 251 g/mol. The number of hydrogen-bond donors (Lipinski definition) is 1. The molecule has 18 heavy (non-hydrogen) atoms. The van der Waals surface area contributed by atoms with Crippen LogP contribution in [-0.4, -0.2) is 36.8 Å². The van der Waals surface area contributed by atoms with Crippen molar-refractivity contribution < 1.29 is 14.6 Å². The number of phenolic OH excluding ortho intramolecular Hbond substituents is 1. The molecule has 1 aromatic carbocycles. The summed E-state index contributed by atoms with van der Waals surface area (Å²) in [4.78, 5) is 2.44. The molecule has 0 radical (unpaired) electrons. The molecule has 4 nitrogen and oxygen atoms in total. The van der Waals surface area contributed by atoms with Crippen LogP contribution in [0.3, 0.4) is 0 Å². The van der Waals surface area contributed by atoms with E-state index in [-0.39, 0.29) is 5.75 Å². The highest BCUT2D eigenvalue weighted by Crippen LogP contribution is 2.37. The second-order valence-electron chi connectivity index (χ2n) is 4.81. The smallest absolute Gasteiger partial charge is 0.200 e. The van der Waals surface area contributed by atoms with Crippen LogP contribution in [0.25, 0.3) is 0 Å². The average Bonchev–Trinajstić information content (AvgIpc) is 2.77. The van der Waals surface area contributed by atoms with Crippen LogP contribution in [0.4, 0.5) is 0 Å². The first-order valence-electron chi connectivity index (χ1n) is 6.33. The zero-order valence-electron chi connectivity index (χ0n) is 11.3. The van der Waals surface area contributed by atoms with Crippen molar-refractivity contribution in [3.05, 3.63) is 17.7 Å². The molecule has 1 aliphatic rings. The van der Waals surface area contributed by atoms with Crippen LogP contribution >= 0.6 is 0 Å². The molecule has 1 N–H and O–H groups in total. The van der Waals surface area contributed by atoms with Gasteiger partial charge in [0.1, 0.15) is 0 Å². The van der Waals surface area contributed by atoms with Crippen LogP contribution in [0.1, 0.15) is 25.3 Å². The van der Waals surface area contributed by atoms with Gasteiger partial charge in [0, 0.05) is 12.6 Å². The second kappa shape index (κ2) is 5.48. The fourth-order valence-electron chi connectivity index (χ4n) is 2.50. The molecule has 0 spiro atoms. The minimum atomic E-state index is 0.0678. The first-order chi connectivity index (χ1) is 8.65. The molecule has 1 aromatic rings. The minimum Gasteiger partial charge on any atom is -0.502 e. The van der Waals surface area contributed by atoms with Crippen molar-refractivity contribution in [1.82, 2.24) is 4.90 Å². The van der Waals surface area contributed by atoms with E-state index in [2.05, 4.69) is 11.8 Å². The van der Waals surface area contributed by atoms with E-state index in [1.807, 2.05) is 12.1 Å². The molecule has 0 aromatic heterocycles. The molecule has 1 saturated heterocycles. The van der Waals surface area contributed by atoms with Crippen molar-refractivity contribution in [3.8, 4) is 17.2 Å². The molecule has 1 unspecified atom stereocenters. The third-order valence-corrected chi connectivity index (χ3v) is 3.62. The van der Waals surface area contributed by atoms with Gasteiger partial charge < -0.3 is 14.6 Å².